The predicted octanol–water partition coefficient (Wildman–Crippen LogP) is -0.0558. The predicted molar refractivity (Wildman–Crippen MR) is 110 cm³/mol. The van der Waals surface area contributed by atoms with Gasteiger partial charge in [-0.25, -0.2) is 5.43 Å². The Morgan fingerprint density at radius 2 is 1.58 bits per heavy atom. The van der Waals surface area contributed by atoms with Crippen molar-refractivity contribution >= 4 is 17.6 Å². The fourth-order valence-electron chi connectivity index (χ4n) is 3.95. The Morgan fingerprint density at radius 3 is 2.13 bits per heavy atom. The quantitative estimate of drug-likeness (QED) is 0.444. The van der Waals surface area contributed by atoms with Crippen molar-refractivity contribution in [1.82, 2.24) is 5.43 Å². The molecule has 1 aliphatic rings. The molecule has 0 saturated heterocycles. The number of hydrazone groups is 1. The summed E-state index contributed by atoms with van der Waals surface area (Å²) in [5, 5.41) is 15.7. The van der Waals surface area contributed by atoms with E-state index in [1.54, 1.807) is 6.92 Å². The van der Waals surface area contributed by atoms with Gasteiger partial charge in [0.1, 0.15) is 11.7 Å². The molecular formula is C24H21KN2O4. The monoisotopic (exact) mass is 440 g/mol. The van der Waals surface area contributed by atoms with Gasteiger partial charge in [-0.3, -0.25) is 4.79 Å². The van der Waals surface area contributed by atoms with Gasteiger partial charge in [-0.05, 0) is 30.9 Å². The average molecular weight is 441 g/mol. The molecule has 0 aliphatic heterocycles. The summed E-state index contributed by atoms with van der Waals surface area (Å²) in [5.41, 5.74) is 6.20. The van der Waals surface area contributed by atoms with Crippen LogP contribution in [0.15, 0.2) is 70.2 Å². The average Bonchev–Trinajstić information content (AvgIpc) is 3.11. The second-order valence-electron chi connectivity index (χ2n) is 7.28. The molecule has 1 aliphatic carbocycles. The molecule has 1 heterocycles. The zero-order valence-corrected chi connectivity index (χ0v) is 20.7. The molecule has 2 aromatic carbocycles. The van der Waals surface area contributed by atoms with E-state index >= 15 is 0 Å². The summed E-state index contributed by atoms with van der Waals surface area (Å²) in [6.07, 6.45) is 2.02. The summed E-state index contributed by atoms with van der Waals surface area (Å²) in [5.74, 6) is -1.71. The number of furan rings is 1. The summed E-state index contributed by atoms with van der Waals surface area (Å²) < 4.78 is 5.47. The number of fused-ring (bicyclic) bond motifs is 1. The summed E-state index contributed by atoms with van der Waals surface area (Å²) in [4.78, 5) is 24.5. The van der Waals surface area contributed by atoms with Gasteiger partial charge in [0, 0.05) is 17.5 Å². The standard InChI is InChI=1S/C24H22N2O4.K/c1-15-20-18(13-8-14-19(20)30-22(15)24(28)29)25-26-23(27)21(16-9-4-2-5-10-16)17-11-6-3-7-12-17;/h2-7,9-12,21H,8,13-14H2,1H3,(H,26,27)(H,28,29);/q;+1/p-1/b25-18+;. The summed E-state index contributed by atoms with van der Waals surface area (Å²) >= 11 is 0. The largest absolute Gasteiger partial charge is 1.00 e. The van der Waals surface area contributed by atoms with E-state index < -0.39 is 11.9 Å². The maximum Gasteiger partial charge on any atom is 1.00 e. The zero-order valence-electron chi connectivity index (χ0n) is 17.6. The third-order valence-electron chi connectivity index (χ3n) is 5.34. The molecule has 0 spiro atoms. The Bertz CT molecular complexity index is 1070. The minimum Gasteiger partial charge on any atom is -0.542 e. The molecule has 1 aromatic heterocycles. The Labute approximate surface area is 223 Å². The van der Waals surface area contributed by atoms with Crippen LogP contribution in [0.4, 0.5) is 0 Å². The second-order valence-corrected chi connectivity index (χ2v) is 7.28. The van der Waals surface area contributed by atoms with E-state index in [0.29, 0.717) is 35.4 Å². The van der Waals surface area contributed by atoms with Crippen molar-refractivity contribution in [3.8, 4) is 0 Å². The Morgan fingerprint density at radius 1 is 1.00 bits per heavy atom. The first kappa shape index (κ1) is 23.6. The van der Waals surface area contributed by atoms with E-state index in [-0.39, 0.29) is 63.1 Å². The molecule has 0 bridgehead atoms. The number of benzene rings is 2. The van der Waals surface area contributed by atoms with Gasteiger partial charge < -0.3 is 14.3 Å². The minimum absolute atomic E-state index is 0. The number of carbonyl (C=O) groups excluding carboxylic acids is 2. The van der Waals surface area contributed by atoms with Crippen LogP contribution in [0.1, 0.15) is 57.3 Å². The SMILES string of the molecule is Cc1c(C(=O)[O-])oc2c1/C(=N/NC(=O)C(c1ccccc1)c1ccccc1)CCC2.[K+]. The first-order valence-corrected chi connectivity index (χ1v) is 9.86. The van der Waals surface area contributed by atoms with Crippen LogP contribution < -0.4 is 61.9 Å². The number of carbonyl (C=O) groups is 2. The summed E-state index contributed by atoms with van der Waals surface area (Å²) in [7, 11) is 0. The smallest absolute Gasteiger partial charge is 0.542 e. The fourth-order valence-corrected chi connectivity index (χ4v) is 3.95. The van der Waals surface area contributed by atoms with Gasteiger partial charge in [0.05, 0.1) is 11.6 Å². The van der Waals surface area contributed by atoms with Crippen LogP contribution in [0.2, 0.25) is 0 Å². The molecule has 31 heavy (non-hydrogen) atoms. The molecule has 7 heteroatoms. The molecule has 1 N–H and O–H groups in total. The van der Waals surface area contributed by atoms with Gasteiger partial charge in [0.25, 0.3) is 5.91 Å². The number of hydrogen-bond acceptors (Lipinski definition) is 5. The topological polar surface area (TPSA) is 94.7 Å². The van der Waals surface area contributed by atoms with Crippen LogP contribution in [-0.4, -0.2) is 17.6 Å². The maximum atomic E-state index is 13.2. The van der Waals surface area contributed by atoms with Gasteiger partial charge in [0.15, 0.2) is 5.76 Å². The number of carboxylic acids is 1. The van der Waals surface area contributed by atoms with Crippen molar-refractivity contribution in [3.63, 3.8) is 0 Å². The number of nitrogens with zero attached hydrogens (tertiary/aromatic N) is 1. The molecule has 0 fully saturated rings. The molecule has 0 saturated carbocycles. The molecule has 6 nitrogen and oxygen atoms in total. The number of carboxylic acid groups (broad SMARTS) is 1. The van der Waals surface area contributed by atoms with Gasteiger partial charge in [-0.1, -0.05) is 60.7 Å². The van der Waals surface area contributed by atoms with Crippen LogP contribution in [0.25, 0.3) is 0 Å². The van der Waals surface area contributed by atoms with Gasteiger partial charge in [0.2, 0.25) is 0 Å². The number of hydrogen-bond donors (Lipinski definition) is 1. The van der Waals surface area contributed by atoms with Crippen LogP contribution in [0, 0.1) is 6.92 Å². The minimum atomic E-state index is -1.35. The number of aromatic carboxylic acids is 1. The van der Waals surface area contributed by atoms with E-state index in [4.69, 9.17) is 4.42 Å². The van der Waals surface area contributed by atoms with E-state index in [1.807, 2.05) is 60.7 Å². The first-order valence-electron chi connectivity index (χ1n) is 9.86. The van der Waals surface area contributed by atoms with Crippen LogP contribution in [0.3, 0.4) is 0 Å². The van der Waals surface area contributed by atoms with Crippen molar-refractivity contribution in [2.45, 2.75) is 32.1 Å². The maximum absolute atomic E-state index is 13.2. The summed E-state index contributed by atoms with van der Waals surface area (Å²) in [6, 6.07) is 19.0. The Kier molecular flexibility index (Phi) is 8.02. The number of nitrogens with one attached hydrogen (secondary N) is 1. The van der Waals surface area contributed by atoms with Crippen molar-refractivity contribution in [2.24, 2.45) is 5.10 Å². The third-order valence-corrected chi connectivity index (χ3v) is 5.34. The van der Waals surface area contributed by atoms with E-state index in [9.17, 15) is 14.7 Å². The van der Waals surface area contributed by atoms with E-state index in [1.165, 1.54) is 0 Å². The Hall–Kier alpha value is -2.03. The molecule has 3 aromatic rings. The second kappa shape index (κ2) is 10.5. The van der Waals surface area contributed by atoms with Crippen LogP contribution >= 0.6 is 0 Å². The van der Waals surface area contributed by atoms with Crippen molar-refractivity contribution in [1.29, 1.82) is 0 Å². The molecule has 0 radical (unpaired) electrons. The zero-order chi connectivity index (χ0) is 21.1. The van der Waals surface area contributed by atoms with Crippen LogP contribution in [-0.2, 0) is 11.2 Å². The molecule has 4 rings (SSSR count). The third kappa shape index (κ3) is 5.07. The number of rotatable bonds is 5. The Balaban J connectivity index is 0.00000272. The van der Waals surface area contributed by atoms with Crippen molar-refractivity contribution in [3.05, 3.63) is 94.4 Å². The normalized spacial score (nSPS) is 14.1. The summed E-state index contributed by atoms with van der Waals surface area (Å²) in [6.45, 7) is 1.67. The van der Waals surface area contributed by atoms with Gasteiger partial charge >= 0.3 is 51.4 Å². The van der Waals surface area contributed by atoms with Crippen molar-refractivity contribution < 1.29 is 70.5 Å². The molecule has 1 amide bonds. The van der Waals surface area contributed by atoms with Crippen molar-refractivity contribution in [2.75, 3.05) is 0 Å². The van der Waals surface area contributed by atoms with Gasteiger partial charge in [-0.2, -0.15) is 5.10 Å². The van der Waals surface area contributed by atoms with E-state index in [0.717, 1.165) is 17.5 Å². The molecular weight excluding hydrogens is 419 g/mol. The van der Waals surface area contributed by atoms with Gasteiger partial charge in [-0.15, -0.1) is 0 Å². The fraction of sp³-hybridized carbons (Fsp3) is 0.208. The molecule has 0 unspecified atom stereocenters. The van der Waals surface area contributed by atoms with E-state index in [2.05, 4.69) is 10.5 Å². The number of aryl methyl sites for hydroxylation is 1. The number of amides is 1. The molecule has 152 valence electrons. The molecule has 0 atom stereocenters. The van der Waals surface area contributed by atoms with Crippen LogP contribution in [0.5, 0.6) is 0 Å². The first-order chi connectivity index (χ1) is 14.6.